The van der Waals surface area contributed by atoms with Crippen LogP contribution >= 0.6 is 0 Å². The van der Waals surface area contributed by atoms with Gasteiger partial charge in [0.1, 0.15) is 17.2 Å². The van der Waals surface area contributed by atoms with Crippen LogP contribution in [-0.4, -0.2) is 54.0 Å². The van der Waals surface area contributed by atoms with E-state index in [4.69, 9.17) is 14.2 Å². The molecule has 0 radical (unpaired) electrons. The van der Waals surface area contributed by atoms with E-state index in [1.165, 1.54) is 5.69 Å². The highest BCUT2D eigenvalue weighted by molar-refractivity contribution is 5.79. The summed E-state index contributed by atoms with van der Waals surface area (Å²) in [5.41, 5.74) is 2.26. The fourth-order valence-electron chi connectivity index (χ4n) is 3.68. The van der Waals surface area contributed by atoms with Gasteiger partial charge in [-0.1, -0.05) is 6.07 Å². The second kappa shape index (κ2) is 10.6. The number of hydrogen-bond acceptors (Lipinski definition) is 5. The van der Waals surface area contributed by atoms with E-state index < -0.39 is 0 Å². The Morgan fingerprint density at radius 3 is 2.57 bits per heavy atom. The van der Waals surface area contributed by atoms with Crippen molar-refractivity contribution in [3.8, 4) is 17.2 Å². The van der Waals surface area contributed by atoms with Gasteiger partial charge in [0.05, 0.1) is 21.3 Å². The van der Waals surface area contributed by atoms with Gasteiger partial charge in [-0.25, -0.2) is 0 Å². The molecule has 1 aliphatic heterocycles. The Balaban J connectivity index is 1.49. The van der Waals surface area contributed by atoms with Crippen LogP contribution in [0.3, 0.4) is 0 Å². The van der Waals surface area contributed by atoms with Crippen molar-refractivity contribution in [1.29, 1.82) is 0 Å². The van der Waals surface area contributed by atoms with Crippen LogP contribution in [0.5, 0.6) is 17.2 Å². The van der Waals surface area contributed by atoms with Crippen molar-refractivity contribution >= 4 is 11.6 Å². The number of hydrogen-bond donors (Lipinski definition) is 2. The lowest BCUT2D eigenvalue weighted by Crippen LogP contribution is -2.40. The van der Waals surface area contributed by atoms with Crippen molar-refractivity contribution in [1.82, 2.24) is 10.6 Å². The van der Waals surface area contributed by atoms with E-state index in [2.05, 4.69) is 32.7 Å². The van der Waals surface area contributed by atoms with Gasteiger partial charge in [0.25, 0.3) is 0 Å². The molecular weight excluding hydrogens is 380 g/mol. The molecule has 162 valence electrons. The lowest BCUT2D eigenvalue weighted by atomic mass is 10.1. The summed E-state index contributed by atoms with van der Waals surface area (Å²) in [7, 11) is 6.81. The number of ether oxygens (including phenoxy) is 3. The number of nitrogens with zero attached hydrogens (tertiary/aromatic N) is 2. The molecule has 3 rings (SSSR count). The summed E-state index contributed by atoms with van der Waals surface area (Å²) >= 11 is 0. The summed E-state index contributed by atoms with van der Waals surface area (Å²) in [6, 6.07) is 14.1. The lowest BCUT2D eigenvalue weighted by Gasteiger charge is -2.20. The molecule has 0 aromatic heterocycles. The molecule has 0 bridgehead atoms. The van der Waals surface area contributed by atoms with Crippen molar-refractivity contribution in [2.75, 3.05) is 52.9 Å². The van der Waals surface area contributed by atoms with E-state index in [0.29, 0.717) is 12.5 Å². The maximum atomic E-state index is 5.47. The van der Waals surface area contributed by atoms with Gasteiger partial charge in [0.2, 0.25) is 0 Å². The van der Waals surface area contributed by atoms with Crippen LogP contribution in [0.2, 0.25) is 0 Å². The number of nitrogens with one attached hydrogen (secondary N) is 2. The maximum Gasteiger partial charge on any atom is 0.191 e. The SMILES string of the molecule is CN=C(NCc1ccc(OC)cc1OC)NCC1CCN(c2cccc(OC)c2)C1. The van der Waals surface area contributed by atoms with Gasteiger partial charge in [0.15, 0.2) is 5.96 Å². The van der Waals surface area contributed by atoms with Gasteiger partial charge in [-0.3, -0.25) is 4.99 Å². The van der Waals surface area contributed by atoms with E-state index in [1.807, 2.05) is 30.3 Å². The summed E-state index contributed by atoms with van der Waals surface area (Å²) in [4.78, 5) is 6.76. The topological polar surface area (TPSA) is 67.4 Å². The fraction of sp³-hybridized carbons (Fsp3) is 0.435. The minimum absolute atomic E-state index is 0.560. The number of guanidine groups is 1. The van der Waals surface area contributed by atoms with Crippen LogP contribution in [-0.2, 0) is 6.54 Å². The molecule has 2 aromatic rings. The van der Waals surface area contributed by atoms with Gasteiger partial charge < -0.3 is 29.7 Å². The van der Waals surface area contributed by atoms with Crippen LogP contribution in [0.15, 0.2) is 47.5 Å². The second-order valence-electron chi connectivity index (χ2n) is 7.29. The molecule has 7 heteroatoms. The molecule has 2 N–H and O–H groups in total. The normalized spacial score (nSPS) is 16.3. The van der Waals surface area contributed by atoms with E-state index in [9.17, 15) is 0 Å². The average Bonchev–Trinajstić information content (AvgIpc) is 3.28. The highest BCUT2D eigenvalue weighted by Crippen LogP contribution is 2.27. The summed E-state index contributed by atoms with van der Waals surface area (Å²) < 4.78 is 16.1. The Kier molecular flexibility index (Phi) is 7.65. The van der Waals surface area contributed by atoms with Gasteiger partial charge in [0, 0.05) is 56.6 Å². The third kappa shape index (κ3) is 5.49. The molecule has 1 unspecified atom stereocenters. The molecular formula is C23H32N4O3. The molecule has 1 fully saturated rings. The Labute approximate surface area is 179 Å². The molecule has 7 nitrogen and oxygen atoms in total. The van der Waals surface area contributed by atoms with E-state index in [0.717, 1.165) is 54.8 Å². The maximum absolute atomic E-state index is 5.47. The van der Waals surface area contributed by atoms with Gasteiger partial charge in [-0.2, -0.15) is 0 Å². The Hall–Kier alpha value is -3.09. The molecule has 2 aromatic carbocycles. The molecule has 0 aliphatic carbocycles. The second-order valence-corrected chi connectivity index (χ2v) is 7.29. The third-order valence-electron chi connectivity index (χ3n) is 5.43. The Bertz CT molecular complexity index is 856. The quantitative estimate of drug-likeness (QED) is 0.513. The summed E-state index contributed by atoms with van der Waals surface area (Å²) in [5.74, 6) is 3.81. The highest BCUT2D eigenvalue weighted by atomic mass is 16.5. The molecule has 1 saturated heterocycles. The Morgan fingerprint density at radius 2 is 1.83 bits per heavy atom. The zero-order valence-corrected chi connectivity index (χ0v) is 18.3. The van der Waals surface area contributed by atoms with Crippen molar-refractivity contribution in [3.05, 3.63) is 48.0 Å². The highest BCUT2D eigenvalue weighted by Gasteiger charge is 2.23. The molecule has 1 aliphatic rings. The van der Waals surface area contributed by atoms with Gasteiger partial charge in [-0.05, 0) is 36.6 Å². The monoisotopic (exact) mass is 412 g/mol. The molecule has 0 amide bonds. The number of anilines is 1. The third-order valence-corrected chi connectivity index (χ3v) is 5.43. The van der Waals surface area contributed by atoms with Crippen LogP contribution < -0.4 is 29.7 Å². The van der Waals surface area contributed by atoms with Crippen molar-refractivity contribution < 1.29 is 14.2 Å². The zero-order chi connectivity index (χ0) is 21.3. The minimum atomic E-state index is 0.560. The van der Waals surface area contributed by atoms with E-state index in [1.54, 1.807) is 28.4 Å². The first-order chi connectivity index (χ1) is 14.7. The number of aliphatic imine (C=N–C) groups is 1. The molecule has 1 heterocycles. The predicted octanol–water partition coefficient (Wildman–Crippen LogP) is 2.90. The van der Waals surface area contributed by atoms with Crippen LogP contribution in [0.1, 0.15) is 12.0 Å². The Morgan fingerprint density at radius 1 is 1.03 bits per heavy atom. The van der Waals surface area contributed by atoms with Crippen molar-refractivity contribution in [2.24, 2.45) is 10.9 Å². The largest absolute Gasteiger partial charge is 0.497 e. The zero-order valence-electron chi connectivity index (χ0n) is 18.3. The minimum Gasteiger partial charge on any atom is -0.497 e. The predicted molar refractivity (Wildman–Crippen MR) is 121 cm³/mol. The number of methoxy groups -OCH3 is 3. The fourth-order valence-corrected chi connectivity index (χ4v) is 3.68. The summed E-state index contributed by atoms with van der Waals surface area (Å²) in [5, 5.41) is 6.83. The first-order valence-electron chi connectivity index (χ1n) is 10.2. The molecule has 30 heavy (non-hydrogen) atoms. The molecule has 0 spiro atoms. The van der Waals surface area contributed by atoms with Gasteiger partial charge >= 0.3 is 0 Å². The average molecular weight is 413 g/mol. The summed E-state index contributed by atoms with van der Waals surface area (Å²) in [6.07, 6.45) is 1.15. The summed E-state index contributed by atoms with van der Waals surface area (Å²) in [6.45, 7) is 3.56. The smallest absolute Gasteiger partial charge is 0.191 e. The standard InChI is InChI=1S/C23H32N4O3/c1-24-23(26-15-18-8-9-21(29-3)13-22(18)30-4)25-14-17-10-11-27(16-17)19-6-5-7-20(12-19)28-2/h5-9,12-13,17H,10-11,14-16H2,1-4H3,(H2,24,25,26). The van der Waals surface area contributed by atoms with Crippen LogP contribution in [0.25, 0.3) is 0 Å². The van der Waals surface area contributed by atoms with Crippen LogP contribution in [0.4, 0.5) is 5.69 Å². The lowest BCUT2D eigenvalue weighted by molar-refractivity contribution is 0.390. The first-order valence-corrected chi connectivity index (χ1v) is 10.2. The van der Waals surface area contributed by atoms with Crippen LogP contribution in [0, 0.1) is 5.92 Å². The number of rotatable bonds is 8. The van der Waals surface area contributed by atoms with Gasteiger partial charge in [-0.15, -0.1) is 0 Å². The van der Waals surface area contributed by atoms with E-state index in [-0.39, 0.29) is 0 Å². The molecule has 1 atom stereocenters. The van der Waals surface area contributed by atoms with E-state index >= 15 is 0 Å². The number of benzene rings is 2. The van der Waals surface area contributed by atoms with Crippen molar-refractivity contribution in [3.63, 3.8) is 0 Å². The van der Waals surface area contributed by atoms with Crippen molar-refractivity contribution in [2.45, 2.75) is 13.0 Å². The molecule has 0 saturated carbocycles. The first kappa shape index (κ1) is 21.6.